The predicted octanol–water partition coefficient (Wildman–Crippen LogP) is 3.54. The van der Waals surface area contributed by atoms with Crippen molar-refractivity contribution in [2.24, 2.45) is 0 Å². The van der Waals surface area contributed by atoms with Crippen molar-refractivity contribution in [2.75, 3.05) is 13.2 Å². The molecular weight excluding hydrogens is 334 g/mol. The van der Waals surface area contributed by atoms with Crippen LogP contribution in [0.15, 0.2) is 45.6 Å². The topological polar surface area (TPSA) is 89.5 Å². The summed E-state index contributed by atoms with van der Waals surface area (Å²) in [5.41, 5.74) is 1.03. The normalized spacial score (nSPS) is 10.6. The molecule has 6 heteroatoms. The number of nitriles is 1. The molecule has 0 aliphatic heterocycles. The predicted molar refractivity (Wildman–Crippen MR) is 96.1 cm³/mol. The summed E-state index contributed by atoms with van der Waals surface area (Å²) in [6, 6.07) is 11.7. The highest BCUT2D eigenvalue weighted by Gasteiger charge is 2.10. The Morgan fingerprint density at radius 3 is 2.73 bits per heavy atom. The van der Waals surface area contributed by atoms with E-state index in [9.17, 15) is 9.59 Å². The number of carbonyl (C=O) groups excluding carboxylic acids is 1. The first kappa shape index (κ1) is 17.5. The van der Waals surface area contributed by atoms with E-state index in [4.69, 9.17) is 19.2 Å². The molecule has 0 amide bonds. The van der Waals surface area contributed by atoms with Gasteiger partial charge in [0.05, 0.1) is 22.4 Å². The zero-order valence-corrected chi connectivity index (χ0v) is 14.3. The Morgan fingerprint density at radius 1 is 1.12 bits per heavy atom. The molecule has 0 unspecified atom stereocenters. The minimum atomic E-state index is -0.251. The van der Waals surface area contributed by atoms with Crippen molar-refractivity contribution in [1.29, 1.82) is 5.26 Å². The third-order valence-corrected chi connectivity index (χ3v) is 3.84. The summed E-state index contributed by atoms with van der Waals surface area (Å²) in [5.74, 6) is 0.239. The maximum Gasteiger partial charge on any atom is 0.305 e. The fraction of sp³-hybridized carbons (Fsp3) is 0.250. The van der Waals surface area contributed by atoms with Crippen LogP contribution in [0.2, 0.25) is 0 Å². The van der Waals surface area contributed by atoms with E-state index in [1.807, 2.05) is 13.0 Å². The molecule has 0 saturated heterocycles. The number of ether oxygens (including phenoxy) is 2. The van der Waals surface area contributed by atoms with Gasteiger partial charge in [0.2, 0.25) is 5.43 Å². The van der Waals surface area contributed by atoms with Gasteiger partial charge in [0.15, 0.2) is 0 Å². The van der Waals surface area contributed by atoms with Crippen LogP contribution >= 0.6 is 0 Å². The van der Waals surface area contributed by atoms with Gasteiger partial charge in [-0.2, -0.15) is 5.26 Å². The first-order valence-electron chi connectivity index (χ1n) is 8.31. The van der Waals surface area contributed by atoms with Crippen LogP contribution in [0.4, 0.5) is 0 Å². The summed E-state index contributed by atoms with van der Waals surface area (Å²) in [6.07, 6.45) is 1.13. The zero-order chi connectivity index (χ0) is 18.5. The van der Waals surface area contributed by atoms with Gasteiger partial charge in [0.1, 0.15) is 30.1 Å². The minimum Gasteiger partial charge on any atom is -0.490 e. The molecule has 132 valence electrons. The highest BCUT2D eigenvalue weighted by molar-refractivity contribution is 5.90. The van der Waals surface area contributed by atoms with Crippen LogP contribution in [0.5, 0.6) is 5.75 Å². The second-order valence-corrected chi connectivity index (χ2v) is 5.73. The Bertz CT molecular complexity index is 1060. The standard InChI is InChI=1S/C20H17NO5/c1-2-3-19(22)25-9-8-24-14-5-7-17-16(11-14)20(23)15-6-4-13(12-21)10-18(15)26-17/h4-7,10-11H,2-3,8-9H2,1H3. The minimum absolute atomic E-state index is 0.153. The maximum absolute atomic E-state index is 12.7. The summed E-state index contributed by atoms with van der Waals surface area (Å²) < 4.78 is 16.3. The molecule has 1 heterocycles. The van der Waals surface area contributed by atoms with E-state index in [2.05, 4.69) is 0 Å². The molecule has 0 spiro atoms. The van der Waals surface area contributed by atoms with Gasteiger partial charge >= 0.3 is 5.97 Å². The van der Waals surface area contributed by atoms with Crippen LogP contribution < -0.4 is 10.2 Å². The Balaban J connectivity index is 1.81. The lowest BCUT2D eigenvalue weighted by molar-refractivity contribution is -0.144. The first-order chi connectivity index (χ1) is 12.6. The van der Waals surface area contributed by atoms with E-state index in [0.29, 0.717) is 39.7 Å². The van der Waals surface area contributed by atoms with E-state index < -0.39 is 0 Å². The SMILES string of the molecule is CCCC(=O)OCCOc1ccc2oc3cc(C#N)ccc3c(=O)c2c1. The van der Waals surface area contributed by atoms with Crippen molar-refractivity contribution in [3.8, 4) is 11.8 Å². The molecule has 3 rings (SSSR count). The smallest absolute Gasteiger partial charge is 0.305 e. The Kier molecular flexibility index (Phi) is 5.18. The first-order valence-corrected chi connectivity index (χ1v) is 8.31. The van der Waals surface area contributed by atoms with Crippen molar-refractivity contribution in [3.05, 3.63) is 52.2 Å². The molecule has 0 atom stereocenters. The lowest BCUT2D eigenvalue weighted by atomic mass is 10.1. The van der Waals surface area contributed by atoms with Gasteiger partial charge in [-0.1, -0.05) is 6.92 Å². The lowest BCUT2D eigenvalue weighted by Gasteiger charge is -2.08. The molecule has 0 bridgehead atoms. The van der Waals surface area contributed by atoms with Gasteiger partial charge < -0.3 is 13.9 Å². The molecule has 3 aromatic rings. The lowest BCUT2D eigenvalue weighted by Crippen LogP contribution is -2.12. The number of hydrogen-bond acceptors (Lipinski definition) is 6. The number of fused-ring (bicyclic) bond motifs is 2. The summed E-state index contributed by atoms with van der Waals surface area (Å²) in [4.78, 5) is 24.0. The Hall–Kier alpha value is -3.33. The fourth-order valence-electron chi connectivity index (χ4n) is 2.58. The van der Waals surface area contributed by atoms with E-state index in [0.717, 1.165) is 6.42 Å². The quantitative estimate of drug-likeness (QED) is 0.383. The van der Waals surface area contributed by atoms with Crippen LogP contribution in [0.3, 0.4) is 0 Å². The van der Waals surface area contributed by atoms with Crippen molar-refractivity contribution in [2.45, 2.75) is 19.8 Å². The number of benzene rings is 2. The van der Waals surface area contributed by atoms with Gasteiger partial charge in [0.25, 0.3) is 0 Å². The van der Waals surface area contributed by atoms with Crippen molar-refractivity contribution < 1.29 is 18.7 Å². The van der Waals surface area contributed by atoms with Crippen molar-refractivity contribution in [1.82, 2.24) is 0 Å². The molecule has 1 aromatic heterocycles. The molecule has 0 N–H and O–H groups in total. The summed E-state index contributed by atoms with van der Waals surface area (Å²) in [5, 5.41) is 9.76. The van der Waals surface area contributed by atoms with Gasteiger partial charge in [0, 0.05) is 6.42 Å². The highest BCUT2D eigenvalue weighted by atomic mass is 16.6. The third-order valence-electron chi connectivity index (χ3n) is 3.84. The number of carbonyl (C=O) groups is 1. The summed E-state index contributed by atoms with van der Waals surface area (Å²) >= 11 is 0. The van der Waals surface area contributed by atoms with Crippen LogP contribution in [0, 0.1) is 11.3 Å². The van der Waals surface area contributed by atoms with Gasteiger partial charge in [-0.05, 0) is 42.8 Å². The zero-order valence-electron chi connectivity index (χ0n) is 14.3. The molecule has 2 aromatic carbocycles. The molecule has 0 fully saturated rings. The van der Waals surface area contributed by atoms with Crippen molar-refractivity contribution in [3.63, 3.8) is 0 Å². The number of nitrogens with zero attached hydrogens (tertiary/aromatic N) is 1. The average molecular weight is 351 g/mol. The number of hydrogen-bond donors (Lipinski definition) is 0. The molecule has 0 saturated carbocycles. The molecule has 6 nitrogen and oxygen atoms in total. The molecule has 26 heavy (non-hydrogen) atoms. The van der Waals surface area contributed by atoms with Gasteiger partial charge in [-0.15, -0.1) is 0 Å². The largest absolute Gasteiger partial charge is 0.490 e. The monoisotopic (exact) mass is 351 g/mol. The Morgan fingerprint density at radius 2 is 1.96 bits per heavy atom. The second kappa shape index (κ2) is 7.70. The molecule has 0 radical (unpaired) electrons. The van der Waals surface area contributed by atoms with Gasteiger partial charge in [-0.3, -0.25) is 9.59 Å². The fourth-order valence-corrected chi connectivity index (χ4v) is 2.58. The summed E-state index contributed by atoms with van der Waals surface area (Å²) in [6.45, 7) is 2.26. The second-order valence-electron chi connectivity index (χ2n) is 5.73. The van der Waals surface area contributed by atoms with E-state index in [-0.39, 0.29) is 24.6 Å². The van der Waals surface area contributed by atoms with E-state index in [1.165, 1.54) is 0 Å². The van der Waals surface area contributed by atoms with E-state index in [1.54, 1.807) is 36.4 Å². The molecule has 0 aliphatic carbocycles. The van der Waals surface area contributed by atoms with Gasteiger partial charge in [-0.25, -0.2) is 0 Å². The van der Waals surface area contributed by atoms with Crippen LogP contribution in [0.25, 0.3) is 21.9 Å². The van der Waals surface area contributed by atoms with Crippen molar-refractivity contribution >= 4 is 27.9 Å². The average Bonchev–Trinajstić information content (AvgIpc) is 2.65. The van der Waals surface area contributed by atoms with E-state index >= 15 is 0 Å². The van der Waals surface area contributed by atoms with Crippen LogP contribution in [-0.4, -0.2) is 19.2 Å². The van der Waals surface area contributed by atoms with Crippen LogP contribution in [-0.2, 0) is 9.53 Å². The maximum atomic E-state index is 12.7. The number of rotatable bonds is 6. The van der Waals surface area contributed by atoms with Crippen LogP contribution in [0.1, 0.15) is 25.3 Å². The third kappa shape index (κ3) is 3.67. The number of esters is 1. The Labute approximate surface area is 149 Å². The molecule has 0 aliphatic rings. The summed E-state index contributed by atoms with van der Waals surface area (Å²) in [7, 11) is 0. The molecular formula is C20H17NO5. The highest BCUT2D eigenvalue weighted by Crippen LogP contribution is 2.23.